The molecular weight excluding hydrogens is 336 g/mol. The van der Waals surface area contributed by atoms with Gasteiger partial charge in [0.25, 0.3) is 0 Å². The van der Waals surface area contributed by atoms with Crippen LogP contribution in [0.3, 0.4) is 0 Å². The van der Waals surface area contributed by atoms with Gasteiger partial charge in [-0.05, 0) is 24.8 Å². The minimum absolute atomic E-state index is 0.0895. The Morgan fingerprint density at radius 2 is 2.12 bits per heavy atom. The molecule has 3 N–H and O–H groups in total. The van der Waals surface area contributed by atoms with E-state index in [1.54, 1.807) is 0 Å². The molecule has 2 atom stereocenters. The van der Waals surface area contributed by atoms with Crippen molar-refractivity contribution in [3.63, 3.8) is 0 Å². The molecule has 1 aliphatic heterocycles. The second-order valence-electron chi connectivity index (χ2n) is 6.03. The van der Waals surface area contributed by atoms with E-state index in [0.717, 1.165) is 12.0 Å². The van der Waals surface area contributed by atoms with Crippen molar-refractivity contribution in [2.75, 3.05) is 13.1 Å². The summed E-state index contributed by atoms with van der Waals surface area (Å²) >= 11 is 0. The van der Waals surface area contributed by atoms with Crippen LogP contribution >= 0.6 is 0 Å². The number of nitrogens with zero attached hydrogens (tertiary/aromatic N) is 1. The van der Waals surface area contributed by atoms with E-state index in [9.17, 15) is 19.6 Å². The zero-order valence-electron chi connectivity index (χ0n) is 14.4. The first-order chi connectivity index (χ1) is 12.6. The van der Waals surface area contributed by atoms with Gasteiger partial charge in [-0.15, -0.1) is 0 Å². The predicted molar refractivity (Wildman–Crippen MR) is 92.5 cm³/mol. The first-order valence-corrected chi connectivity index (χ1v) is 8.49. The maximum absolute atomic E-state index is 11.9. The molecule has 1 unspecified atom stereocenters. The van der Waals surface area contributed by atoms with Crippen molar-refractivity contribution < 1.29 is 19.1 Å². The topological polar surface area (TPSA) is 120 Å². The Morgan fingerprint density at radius 3 is 2.81 bits per heavy atom. The largest absolute Gasteiger partial charge is 0.445 e. The van der Waals surface area contributed by atoms with Crippen molar-refractivity contribution >= 4 is 17.9 Å². The Balaban J connectivity index is 1.68. The maximum Gasteiger partial charge on any atom is 0.407 e. The highest BCUT2D eigenvalue weighted by molar-refractivity contribution is 5.83. The molecule has 138 valence electrons. The third-order valence-corrected chi connectivity index (χ3v) is 4.02. The molecule has 8 heteroatoms. The SMILES string of the molecule is N#CC(C[C@@H]1CCCNC1=O)NC(=O)CNC(=O)OCc1ccccc1. The number of hydrogen-bond acceptors (Lipinski definition) is 5. The van der Waals surface area contributed by atoms with E-state index in [1.165, 1.54) is 0 Å². The minimum atomic E-state index is -0.779. The Kier molecular flexibility index (Phi) is 7.43. The quantitative estimate of drug-likeness (QED) is 0.667. The summed E-state index contributed by atoms with van der Waals surface area (Å²) < 4.78 is 5.00. The number of ether oxygens (including phenoxy) is 1. The van der Waals surface area contributed by atoms with Crippen LogP contribution in [0.4, 0.5) is 4.79 Å². The maximum atomic E-state index is 11.9. The lowest BCUT2D eigenvalue weighted by Crippen LogP contribution is -2.44. The third-order valence-electron chi connectivity index (χ3n) is 4.02. The van der Waals surface area contributed by atoms with Crippen molar-refractivity contribution in [3.05, 3.63) is 35.9 Å². The average molecular weight is 358 g/mol. The summed E-state index contributed by atoms with van der Waals surface area (Å²) in [6.07, 6.45) is 1.09. The molecule has 0 bridgehead atoms. The van der Waals surface area contributed by atoms with Gasteiger partial charge in [-0.1, -0.05) is 30.3 Å². The molecule has 2 rings (SSSR count). The first kappa shape index (κ1) is 19.2. The van der Waals surface area contributed by atoms with Crippen LogP contribution in [0.15, 0.2) is 30.3 Å². The van der Waals surface area contributed by atoms with Crippen LogP contribution in [-0.2, 0) is 20.9 Å². The molecule has 1 heterocycles. The summed E-state index contributed by atoms with van der Waals surface area (Å²) in [7, 11) is 0. The molecule has 1 aromatic carbocycles. The van der Waals surface area contributed by atoms with Crippen molar-refractivity contribution in [3.8, 4) is 6.07 Å². The Bertz CT molecular complexity index is 672. The lowest BCUT2D eigenvalue weighted by molar-refractivity contribution is -0.127. The number of carbonyl (C=O) groups is 3. The number of alkyl carbamates (subject to hydrolysis) is 1. The number of benzene rings is 1. The second kappa shape index (κ2) is 10.0. The van der Waals surface area contributed by atoms with Gasteiger partial charge in [0.1, 0.15) is 19.2 Å². The molecule has 26 heavy (non-hydrogen) atoms. The van der Waals surface area contributed by atoms with Crippen molar-refractivity contribution in [2.24, 2.45) is 5.92 Å². The minimum Gasteiger partial charge on any atom is -0.445 e. The van der Waals surface area contributed by atoms with Crippen LogP contribution in [0, 0.1) is 17.2 Å². The molecular formula is C18H22N4O4. The molecule has 1 saturated heterocycles. The fourth-order valence-electron chi connectivity index (χ4n) is 2.66. The van der Waals surface area contributed by atoms with Crippen LogP contribution in [0.2, 0.25) is 0 Å². The number of hydrogen-bond donors (Lipinski definition) is 3. The monoisotopic (exact) mass is 358 g/mol. The fraction of sp³-hybridized carbons (Fsp3) is 0.444. The van der Waals surface area contributed by atoms with Crippen LogP contribution in [0.25, 0.3) is 0 Å². The molecule has 3 amide bonds. The predicted octanol–water partition coefficient (Wildman–Crippen LogP) is 0.837. The van der Waals surface area contributed by atoms with Gasteiger partial charge < -0.3 is 20.7 Å². The van der Waals surface area contributed by atoms with E-state index >= 15 is 0 Å². The molecule has 1 aliphatic rings. The molecule has 1 aromatic rings. The Morgan fingerprint density at radius 1 is 1.35 bits per heavy atom. The van der Waals surface area contributed by atoms with Gasteiger partial charge in [0.2, 0.25) is 11.8 Å². The van der Waals surface area contributed by atoms with Gasteiger partial charge in [0.15, 0.2) is 0 Å². The van der Waals surface area contributed by atoms with Crippen LogP contribution < -0.4 is 16.0 Å². The second-order valence-corrected chi connectivity index (χ2v) is 6.03. The number of amides is 3. The number of piperidine rings is 1. The number of carbonyl (C=O) groups excluding carboxylic acids is 3. The highest BCUT2D eigenvalue weighted by Crippen LogP contribution is 2.17. The van der Waals surface area contributed by atoms with E-state index < -0.39 is 18.0 Å². The van der Waals surface area contributed by atoms with Crippen LogP contribution in [0.1, 0.15) is 24.8 Å². The Hall–Kier alpha value is -3.08. The summed E-state index contributed by atoms with van der Waals surface area (Å²) in [5, 5.41) is 16.8. The van der Waals surface area contributed by atoms with E-state index in [4.69, 9.17) is 4.74 Å². The molecule has 0 saturated carbocycles. The Labute approximate surface area is 151 Å². The van der Waals surface area contributed by atoms with Crippen LogP contribution in [-0.4, -0.2) is 37.0 Å². The number of nitriles is 1. The van der Waals surface area contributed by atoms with Gasteiger partial charge >= 0.3 is 6.09 Å². The van der Waals surface area contributed by atoms with Gasteiger partial charge in [0, 0.05) is 12.5 Å². The van der Waals surface area contributed by atoms with Crippen molar-refractivity contribution in [1.82, 2.24) is 16.0 Å². The highest BCUT2D eigenvalue weighted by Gasteiger charge is 2.26. The highest BCUT2D eigenvalue weighted by atomic mass is 16.5. The summed E-state index contributed by atoms with van der Waals surface area (Å²) in [5.74, 6) is -0.879. The van der Waals surface area contributed by atoms with Gasteiger partial charge in [-0.25, -0.2) is 4.79 Å². The summed E-state index contributed by atoms with van der Waals surface area (Å²) in [6.45, 7) is 0.447. The van der Waals surface area contributed by atoms with Crippen molar-refractivity contribution in [2.45, 2.75) is 31.9 Å². The summed E-state index contributed by atoms with van der Waals surface area (Å²) in [5.41, 5.74) is 0.836. The van der Waals surface area contributed by atoms with Gasteiger partial charge in [-0.2, -0.15) is 5.26 Å². The number of rotatable bonds is 7. The van der Waals surface area contributed by atoms with E-state index in [1.807, 2.05) is 36.4 Å². The zero-order chi connectivity index (χ0) is 18.8. The molecule has 8 nitrogen and oxygen atoms in total. The first-order valence-electron chi connectivity index (χ1n) is 8.49. The zero-order valence-corrected chi connectivity index (χ0v) is 14.4. The smallest absolute Gasteiger partial charge is 0.407 e. The molecule has 1 fully saturated rings. The van der Waals surface area contributed by atoms with Gasteiger partial charge in [0.05, 0.1) is 6.07 Å². The lowest BCUT2D eigenvalue weighted by Gasteiger charge is -2.23. The molecule has 0 radical (unpaired) electrons. The molecule has 0 spiro atoms. The third kappa shape index (κ3) is 6.43. The van der Waals surface area contributed by atoms with Crippen LogP contribution in [0.5, 0.6) is 0 Å². The lowest BCUT2D eigenvalue weighted by atomic mass is 9.92. The van der Waals surface area contributed by atoms with E-state index in [-0.39, 0.29) is 31.4 Å². The normalized spacial score (nSPS) is 17.3. The van der Waals surface area contributed by atoms with E-state index in [0.29, 0.717) is 13.0 Å². The van der Waals surface area contributed by atoms with E-state index in [2.05, 4.69) is 16.0 Å². The summed E-state index contributed by atoms with van der Waals surface area (Å²) in [4.78, 5) is 35.2. The molecule has 0 aliphatic carbocycles. The summed E-state index contributed by atoms with van der Waals surface area (Å²) in [6, 6.07) is 10.4. The standard InChI is InChI=1S/C18H22N4O4/c19-10-15(9-14-7-4-8-20-17(14)24)22-16(23)11-21-18(25)26-12-13-5-2-1-3-6-13/h1-3,5-6,14-15H,4,7-9,11-12H2,(H,20,24)(H,21,25)(H,22,23)/t14-,15?/m0/s1. The number of nitrogens with one attached hydrogen (secondary N) is 3. The van der Waals surface area contributed by atoms with Crippen molar-refractivity contribution in [1.29, 1.82) is 5.26 Å². The molecule has 0 aromatic heterocycles. The average Bonchev–Trinajstić information content (AvgIpc) is 2.66. The van der Waals surface area contributed by atoms with Gasteiger partial charge in [-0.3, -0.25) is 9.59 Å². The fourth-order valence-corrected chi connectivity index (χ4v) is 2.66.